The van der Waals surface area contributed by atoms with Gasteiger partial charge in [0.25, 0.3) is 0 Å². The van der Waals surface area contributed by atoms with Crippen molar-refractivity contribution in [2.75, 3.05) is 18.9 Å². The second-order valence-corrected chi connectivity index (χ2v) is 4.00. The number of carbonyl (C=O) groups is 2. The molecule has 16 heavy (non-hydrogen) atoms. The number of imide groups is 1. The number of amides is 2. The molecule has 0 atom stereocenters. The van der Waals surface area contributed by atoms with Crippen LogP contribution in [0.25, 0.3) is 0 Å². The number of rotatable bonds is 8. The first-order valence-corrected chi connectivity index (χ1v) is 6.35. The van der Waals surface area contributed by atoms with Gasteiger partial charge in [-0.2, -0.15) is 12.6 Å². The molecule has 1 N–H and O–H groups in total. The zero-order valence-corrected chi connectivity index (χ0v) is 10.7. The zero-order valence-electron chi connectivity index (χ0n) is 9.81. The summed E-state index contributed by atoms with van der Waals surface area (Å²) in [6.07, 6.45) is 2.97. The second kappa shape index (κ2) is 9.66. The van der Waals surface area contributed by atoms with E-state index in [0.717, 1.165) is 12.8 Å². The monoisotopic (exact) mass is 247 g/mol. The van der Waals surface area contributed by atoms with E-state index in [9.17, 15) is 9.59 Å². The molecular formula is C11H21NO3S. The third kappa shape index (κ3) is 6.12. The Morgan fingerprint density at radius 2 is 1.88 bits per heavy atom. The Morgan fingerprint density at radius 1 is 1.19 bits per heavy atom. The van der Waals surface area contributed by atoms with Crippen LogP contribution in [0.1, 0.15) is 39.0 Å². The highest BCUT2D eigenvalue weighted by atomic mass is 32.1. The standard InChI is InChI=1S/C11H21NO3S/c1-2-10(14)12(7-9-16)11(15)6-4-3-5-8-13/h13,16H,2-9H2,1H3. The minimum atomic E-state index is -0.138. The number of carbonyl (C=O) groups excluding carboxylic acids is 2. The van der Waals surface area contributed by atoms with Crippen LogP contribution in [-0.4, -0.2) is 40.7 Å². The number of unbranched alkanes of at least 4 members (excludes halogenated alkanes) is 2. The second-order valence-electron chi connectivity index (χ2n) is 3.55. The number of hydrogen-bond donors (Lipinski definition) is 2. The molecule has 0 radical (unpaired) electrons. The lowest BCUT2D eigenvalue weighted by atomic mass is 10.2. The van der Waals surface area contributed by atoms with Crippen LogP contribution in [0.2, 0.25) is 0 Å². The summed E-state index contributed by atoms with van der Waals surface area (Å²) in [5, 5.41) is 8.59. The molecule has 0 heterocycles. The fourth-order valence-corrected chi connectivity index (χ4v) is 1.58. The summed E-state index contributed by atoms with van der Waals surface area (Å²) >= 11 is 4.03. The Bertz CT molecular complexity index is 221. The molecule has 0 aromatic carbocycles. The van der Waals surface area contributed by atoms with Gasteiger partial charge in [-0.25, -0.2) is 0 Å². The molecule has 0 bridgehead atoms. The van der Waals surface area contributed by atoms with Crippen molar-refractivity contribution in [1.29, 1.82) is 0 Å². The maximum Gasteiger partial charge on any atom is 0.229 e. The van der Waals surface area contributed by atoms with E-state index in [2.05, 4.69) is 12.6 Å². The first kappa shape index (κ1) is 15.4. The van der Waals surface area contributed by atoms with Crippen molar-refractivity contribution in [2.45, 2.75) is 39.0 Å². The van der Waals surface area contributed by atoms with E-state index in [1.165, 1.54) is 4.90 Å². The Balaban J connectivity index is 4.02. The van der Waals surface area contributed by atoms with E-state index in [-0.39, 0.29) is 18.4 Å². The Morgan fingerprint density at radius 3 is 2.38 bits per heavy atom. The van der Waals surface area contributed by atoms with Crippen molar-refractivity contribution >= 4 is 24.4 Å². The number of thiol groups is 1. The SMILES string of the molecule is CCC(=O)N(CCS)C(=O)CCCCCO. The Hall–Kier alpha value is -0.550. The van der Waals surface area contributed by atoms with E-state index < -0.39 is 0 Å². The quantitative estimate of drug-likeness (QED) is 0.501. The van der Waals surface area contributed by atoms with E-state index in [1.807, 2.05) is 0 Å². The number of nitrogens with zero attached hydrogens (tertiary/aromatic N) is 1. The van der Waals surface area contributed by atoms with Crippen LogP contribution in [0, 0.1) is 0 Å². The molecule has 0 unspecified atom stereocenters. The third-order valence-electron chi connectivity index (χ3n) is 2.28. The van der Waals surface area contributed by atoms with Crippen LogP contribution < -0.4 is 0 Å². The molecule has 0 spiro atoms. The molecule has 2 amide bonds. The molecule has 5 heteroatoms. The van der Waals surface area contributed by atoms with Gasteiger partial charge in [-0.1, -0.05) is 13.3 Å². The van der Waals surface area contributed by atoms with Crippen LogP contribution in [0.3, 0.4) is 0 Å². The number of aliphatic hydroxyl groups is 1. The molecule has 0 aromatic rings. The predicted molar refractivity (Wildman–Crippen MR) is 66.4 cm³/mol. The van der Waals surface area contributed by atoms with Crippen LogP contribution in [-0.2, 0) is 9.59 Å². The molecule has 4 nitrogen and oxygen atoms in total. The maximum atomic E-state index is 11.7. The fraction of sp³-hybridized carbons (Fsp3) is 0.818. The van der Waals surface area contributed by atoms with Crippen LogP contribution in [0.5, 0.6) is 0 Å². The highest BCUT2D eigenvalue weighted by Gasteiger charge is 2.18. The zero-order chi connectivity index (χ0) is 12.4. The van der Waals surface area contributed by atoms with Crippen molar-refractivity contribution in [2.24, 2.45) is 0 Å². The molecule has 0 aliphatic carbocycles. The minimum absolute atomic E-state index is 0.126. The van der Waals surface area contributed by atoms with Gasteiger partial charge in [0.1, 0.15) is 0 Å². The minimum Gasteiger partial charge on any atom is -0.396 e. The summed E-state index contributed by atoms with van der Waals surface area (Å²) in [6.45, 7) is 2.28. The van der Waals surface area contributed by atoms with E-state index in [1.54, 1.807) is 6.92 Å². The molecule has 0 aromatic heterocycles. The largest absolute Gasteiger partial charge is 0.396 e. The molecule has 0 aliphatic heterocycles. The van der Waals surface area contributed by atoms with Gasteiger partial charge in [0, 0.05) is 31.7 Å². The van der Waals surface area contributed by atoms with Crippen LogP contribution in [0.15, 0.2) is 0 Å². The number of hydrogen-bond acceptors (Lipinski definition) is 4. The summed E-state index contributed by atoms with van der Waals surface area (Å²) in [6, 6.07) is 0. The molecule has 0 aliphatic rings. The lowest BCUT2D eigenvalue weighted by molar-refractivity contribution is -0.144. The first-order chi connectivity index (χ1) is 7.67. The van der Waals surface area contributed by atoms with E-state index >= 15 is 0 Å². The van der Waals surface area contributed by atoms with Crippen molar-refractivity contribution < 1.29 is 14.7 Å². The van der Waals surface area contributed by atoms with Crippen molar-refractivity contribution in [1.82, 2.24) is 4.90 Å². The van der Waals surface area contributed by atoms with Gasteiger partial charge in [0.2, 0.25) is 11.8 Å². The molecule has 0 fully saturated rings. The predicted octanol–water partition coefficient (Wildman–Crippen LogP) is 1.23. The Kier molecular flexibility index (Phi) is 9.33. The molecular weight excluding hydrogens is 226 g/mol. The molecule has 94 valence electrons. The Labute approximate surface area is 102 Å². The normalized spacial score (nSPS) is 10.2. The van der Waals surface area contributed by atoms with Gasteiger partial charge in [0.15, 0.2) is 0 Å². The smallest absolute Gasteiger partial charge is 0.229 e. The van der Waals surface area contributed by atoms with Crippen LogP contribution >= 0.6 is 12.6 Å². The van der Waals surface area contributed by atoms with Crippen molar-refractivity contribution in [3.05, 3.63) is 0 Å². The molecule has 0 saturated heterocycles. The van der Waals surface area contributed by atoms with E-state index in [4.69, 9.17) is 5.11 Å². The first-order valence-electron chi connectivity index (χ1n) is 5.72. The van der Waals surface area contributed by atoms with Crippen LogP contribution in [0.4, 0.5) is 0 Å². The van der Waals surface area contributed by atoms with E-state index in [0.29, 0.717) is 31.6 Å². The van der Waals surface area contributed by atoms with Crippen molar-refractivity contribution in [3.8, 4) is 0 Å². The van der Waals surface area contributed by atoms with Gasteiger partial charge in [-0.3, -0.25) is 14.5 Å². The highest BCUT2D eigenvalue weighted by molar-refractivity contribution is 7.80. The summed E-state index contributed by atoms with van der Waals surface area (Å²) in [7, 11) is 0. The van der Waals surface area contributed by atoms with Gasteiger partial charge >= 0.3 is 0 Å². The molecule has 0 rings (SSSR count). The maximum absolute atomic E-state index is 11.7. The van der Waals surface area contributed by atoms with Crippen molar-refractivity contribution in [3.63, 3.8) is 0 Å². The van der Waals surface area contributed by atoms with Gasteiger partial charge < -0.3 is 5.11 Å². The van der Waals surface area contributed by atoms with Gasteiger partial charge in [-0.15, -0.1) is 0 Å². The fourth-order valence-electron chi connectivity index (χ4n) is 1.38. The summed E-state index contributed by atoms with van der Waals surface area (Å²) in [5.41, 5.74) is 0. The third-order valence-corrected chi connectivity index (χ3v) is 2.48. The number of aliphatic hydroxyl groups excluding tert-OH is 1. The summed E-state index contributed by atoms with van der Waals surface area (Å²) < 4.78 is 0. The molecule has 0 saturated carbocycles. The summed E-state index contributed by atoms with van der Waals surface area (Å²) in [4.78, 5) is 24.5. The highest BCUT2D eigenvalue weighted by Crippen LogP contribution is 2.05. The van der Waals surface area contributed by atoms with Gasteiger partial charge in [-0.05, 0) is 12.8 Å². The lowest BCUT2D eigenvalue weighted by Crippen LogP contribution is -2.37. The average Bonchev–Trinajstić information content (AvgIpc) is 2.30. The topological polar surface area (TPSA) is 57.6 Å². The lowest BCUT2D eigenvalue weighted by Gasteiger charge is -2.19. The average molecular weight is 247 g/mol. The summed E-state index contributed by atoms with van der Waals surface area (Å²) in [5.74, 6) is 0.230. The van der Waals surface area contributed by atoms with Gasteiger partial charge in [0.05, 0.1) is 0 Å².